The maximum Gasteiger partial charge on any atom is 0.334 e. The van der Waals surface area contributed by atoms with Gasteiger partial charge in [0.1, 0.15) is 6.10 Å². The zero-order valence-corrected chi connectivity index (χ0v) is 19.0. The molecular weight excluding hydrogens is 380 g/mol. The number of fused-ring (bicyclic) bond motifs is 3. The van der Waals surface area contributed by atoms with Crippen LogP contribution >= 0.6 is 0 Å². The predicted octanol–water partition coefficient (Wildman–Crippen LogP) is 3.36. The van der Waals surface area contributed by atoms with E-state index in [-0.39, 0.29) is 29.0 Å². The number of carbonyl (C=O) groups excluding carboxylic acids is 2. The summed E-state index contributed by atoms with van der Waals surface area (Å²) in [5, 5.41) is 23.4. The molecule has 2 bridgehead atoms. The fourth-order valence-electron chi connectivity index (χ4n) is 6.89. The number of Topliss-reactive ketones (excluding diaryl/α,β-unsaturated/α-hetero) is 1. The highest BCUT2D eigenvalue weighted by Gasteiger charge is 2.76. The Morgan fingerprint density at radius 2 is 1.90 bits per heavy atom. The summed E-state index contributed by atoms with van der Waals surface area (Å²) in [7, 11) is 0. The normalized spacial score (nSPS) is 46.7. The lowest BCUT2D eigenvalue weighted by molar-refractivity contribution is -0.201. The second kappa shape index (κ2) is 6.39. The number of esters is 1. The van der Waals surface area contributed by atoms with E-state index in [2.05, 4.69) is 13.8 Å². The van der Waals surface area contributed by atoms with Crippen LogP contribution in [0.15, 0.2) is 34.9 Å². The Kier molecular flexibility index (Phi) is 4.58. The summed E-state index contributed by atoms with van der Waals surface area (Å²) in [6, 6.07) is 0. The lowest BCUT2D eigenvalue weighted by Gasteiger charge is -2.49. The van der Waals surface area contributed by atoms with Crippen molar-refractivity contribution < 1.29 is 24.5 Å². The topological polar surface area (TPSA) is 83.8 Å². The van der Waals surface area contributed by atoms with Crippen molar-refractivity contribution in [2.24, 2.45) is 34.5 Å². The molecule has 1 spiro atoms. The van der Waals surface area contributed by atoms with Crippen LogP contribution in [0.25, 0.3) is 0 Å². The Morgan fingerprint density at radius 3 is 2.50 bits per heavy atom. The van der Waals surface area contributed by atoms with E-state index < -0.39 is 29.2 Å². The van der Waals surface area contributed by atoms with Crippen LogP contribution in [0.4, 0.5) is 0 Å². The van der Waals surface area contributed by atoms with Gasteiger partial charge in [0.25, 0.3) is 0 Å². The predicted molar refractivity (Wildman–Crippen MR) is 113 cm³/mol. The van der Waals surface area contributed by atoms with Gasteiger partial charge in [-0.2, -0.15) is 0 Å². The van der Waals surface area contributed by atoms with Gasteiger partial charge in [0.2, 0.25) is 0 Å². The summed E-state index contributed by atoms with van der Waals surface area (Å²) < 4.78 is 5.84. The van der Waals surface area contributed by atoms with Gasteiger partial charge in [-0.05, 0) is 68.4 Å². The van der Waals surface area contributed by atoms with Gasteiger partial charge in [0, 0.05) is 11.5 Å². The lowest BCUT2D eigenvalue weighted by atomic mass is 9.59. The minimum absolute atomic E-state index is 0.0490. The Bertz CT molecular complexity index is 908. The summed E-state index contributed by atoms with van der Waals surface area (Å²) in [4.78, 5) is 26.8. The van der Waals surface area contributed by atoms with Crippen LogP contribution in [-0.4, -0.2) is 39.8 Å². The number of hydrogen-bond acceptors (Lipinski definition) is 5. The maximum atomic E-state index is 14.1. The first-order valence-electron chi connectivity index (χ1n) is 11.0. The molecular formula is C25H34O5. The first-order valence-corrected chi connectivity index (χ1v) is 11.0. The average Bonchev–Trinajstić information content (AvgIpc) is 3.19. The largest absolute Gasteiger partial charge is 0.451 e. The van der Waals surface area contributed by atoms with Crippen LogP contribution in [0.5, 0.6) is 0 Å². The molecule has 2 N–H and O–H groups in total. The van der Waals surface area contributed by atoms with E-state index in [0.29, 0.717) is 22.6 Å². The number of aliphatic hydroxyl groups excluding tert-OH is 1. The van der Waals surface area contributed by atoms with E-state index in [1.807, 2.05) is 13.0 Å². The molecule has 2 saturated carbocycles. The van der Waals surface area contributed by atoms with Gasteiger partial charge in [-0.1, -0.05) is 39.0 Å². The molecule has 0 aliphatic heterocycles. The third-order valence-corrected chi connectivity index (χ3v) is 8.82. The van der Waals surface area contributed by atoms with Crippen LogP contribution < -0.4 is 0 Å². The first-order chi connectivity index (χ1) is 13.9. The molecule has 0 aromatic rings. The summed E-state index contributed by atoms with van der Waals surface area (Å²) in [6.45, 7) is 13.4. The van der Waals surface area contributed by atoms with Crippen molar-refractivity contribution in [3.63, 3.8) is 0 Å². The standard InChI is InChI=1S/C25H34O5/c1-8-12(2)22(28)30-21-13(3)9-16-18-17(23(18,6)7)10-15(5)24(20(16)27)11-14(4)19(26)25(21,24)29/h8-9,11,15-19,21,26,29H,10H2,1-7H3/b12-8-/t15-,16+,17-,18+,19+,21-,24+,25-/m1/s1. The van der Waals surface area contributed by atoms with Crippen molar-refractivity contribution >= 4 is 11.8 Å². The molecule has 5 nitrogen and oxygen atoms in total. The number of aliphatic hydroxyl groups is 2. The molecule has 8 atom stereocenters. The number of ketones is 1. The third-order valence-electron chi connectivity index (χ3n) is 8.82. The van der Waals surface area contributed by atoms with Crippen molar-refractivity contribution in [2.45, 2.75) is 72.7 Å². The molecule has 0 aromatic heterocycles. The fraction of sp³-hybridized carbons (Fsp3) is 0.680. The molecule has 164 valence electrons. The Labute approximate surface area is 178 Å². The molecule has 5 heteroatoms. The lowest BCUT2D eigenvalue weighted by Crippen LogP contribution is -2.65. The molecule has 2 fully saturated rings. The molecule has 0 amide bonds. The van der Waals surface area contributed by atoms with Crippen LogP contribution in [-0.2, 0) is 14.3 Å². The highest BCUT2D eigenvalue weighted by atomic mass is 16.6. The third kappa shape index (κ3) is 2.36. The van der Waals surface area contributed by atoms with Crippen molar-refractivity contribution in [1.82, 2.24) is 0 Å². The van der Waals surface area contributed by atoms with Crippen LogP contribution in [0.3, 0.4) is 0 Å². The van der Waals surface area contributed by atoms with Crippen LogP contribution in [0.1, 0.15) is 54.9 Å². The second-order valence-corrected chi connectivity index (χ2v) is 10.6. The van der Waals surface area contributed by atoms with Crippen molar-refractivity contribution in [3.8, 4) is 0 Å². The smallest absolute Gasteiger partial charge is 0.334 e. The zero-order valence-electron chi connectivity index (χ0n) is 19.0. The second-order valence-electron chi connectivity index (χ2n) is 10.6. The minimum atomic E-state index is -1.92. The molecule has 4 rings (SSSR count). The van der Waals surface area contributed by atoms with Gasteiger partial charge < -0.3 is 14.9 Å². The van der Waals surface area contributed by atoms with Gasteiger partial charge in [-0.25, -0.2) is 4.79 Å². The highest BCUT2D eigenvalue weighted by Crippen LogP contribution is 2.71. The van der Waals surface area contributed by atoms with Gasteiger partial charge >= 0.3 is 5.97 Å². The van der Waals surface area contributed by atoms with Gasteiger partial charge in [-0.15, -0.1) is 0 Å². The van der Waals surface area contributed by atoms with E-state index in [0.717, 1.165) is 6.42 Å². The summed E-state index contributed by atoms with van der Waals surface area (Å²) >= 11 is 0. The van der Waals surface area contributed by atoms with E-state index in [4.69, 9.17) is 4.74 Å². The molecule has 0 heterocycles. The maximum absolute atomic E-state index is 14.1. The first kappa shape index (κ1) is 21.5. The molecule has 30 heavy (non-hydrogen) atoms. The Balaban J connectivity index is 1.94. The molecule has 4 aliphatic rings. The zero-order chi connectivity index (χ0) is 22.4. The molecule has 0 unspecified atom stereocenters. The number of allylic oxidation sites excluding steroid dienone is 2. The van der Waals surface area contributed by atoms with E-state index in [1.165, 1.54) is 0 Å². The van der Waals surface area contributed by atoms with Gasteiger partial charge in [0.15, 0.2) is 17.5 Å². The Hall–Kier alpha value is -1.72. The average molecular weight is 415 g/mol. The monoisotopic (exact) mass is 414 g/mol. The molecule has 0 radical (unpaired) electrons. The van der Waals surface area contributed by atoms with Crippen molar-refractivity contribution in [2.75, 3.05) is 0 Å². The molecule has 0 saturated heterocycles. The summed E-state index contributed by atoms with van der Waals surface area (Å²) in [5.41, 5.74) is -1.54. The highest BCUT2D eigenvalue weighted by molar-refractivity contribution is 5.95. The molecule has 4 aliphatic carbocycles. The quantitative estimate of drug-likeness (QED) is 0.411. The Morgan fingerprint density at radius 1 is 1.27 bits per heavy atom. The number of ether oxygens (including phenoxy) is 1. The van der Waals surface area contributed by atoms with E-state index >= 15 is 0 Å². The number of rotatable bonds is 2. The van der Waals surface area contributed by atoms with Gasteiger partial charge in [0.05, 0.1) is 5.41 Å². The SMILES string of the molecule is C/C=C(/C)C(=O)O[C@@H]1C(C)=C[C@@H]2C(=O)[C@]3(C=C(C)[C@H](O)[C@@]13O)[C@H](C)C[C@@H]1[C@H]2C1(C)C. The van der Waals surface area contributed by atoms with E-state index in [9.17, 15) is 19.8 Å². The number of carbonyl (C=O) groups is 2. The van der Waals surface area contributed by atoms with Gasteiger partial charge in [-0.3, -0.25) is 4.79 Å². The van der Waals surface area contributed by atoms with Crippen molar-refractivity contribution in [3.05, 3.63) is 34.9 Å². The number of hydrogen-bond donors (Lipinski definition) is 2. The van der Waals surface area contributed by atoms with E-state index in [1.54, 1.807) is 39.8 Å². The summed E-state index contributed by atoms with van der Waals surface area (Å²) in [5.74, 6) is -0.553. The summed E-state index contributed by atoms with van der Waals surface area (Å²) in [6.07, 6.45) is 3.76. The minimum Gasteiger partial charge on any atom is -0.451 e. The fourth-order valence-corrected chi connectivity index (χ4v) is 6.89. The molecule has 0 aromatic carbocycles. The van der Waals surface area contributed by atoms with Crippen molar-refractivity contribution in [1.29, 1.82) is 0 Å². The van der Waals surface area contributed by atoms with Crippen LogP contribution in [0, 0.1) is 34.5 Å². The van der Waals surface area contributed by atoms with Crippen LogP contribution in [0.2, 0.25) is 0 Å².